The predicted molar refractivity (Wildman–Crippen MR) is 105 cm³/mol. The molecular formula is C20H25F2N3O4S. The van der Waals surface area contributed by atoms with Crippen LogP contribution in [0.1, 0.15) is 55.2 Å². The average molecular weight is 442 g/mol. The molecule has 0 spiro atoms. The zero-order valence-corrected chi connectivity index (χ0v) is 17.7. The molecule has 10 heteroatoms. The number of carbonyl (C=O) groups excluding carboxylic acids is 1. The molecule has 3 aliphatic carbocycles. The molecule has 4 atom stereocenters. The standard InChI is InChI=1S/C20H25F2N3O4S/c1-20(21,22)19-23-10-15(18(25-19)29-14-8-12-7-13(12)9-14)17(26)24-16(11-3-4-11)5-6-30(2,27)28/h5-6,10-14,16H,3-4,7-9H2,1-2H3,(H,24,26)/b6-5+/t12-,13+,14+,16-/m1/s1. The SMILES string of the molecule is CC(F)(F)c1ncc(C(=O)N[C@H](/C=C/S(C)(=O)=O)C2CC2)c(O[C@@H]2C[C@@H]3C[C@@H]3C2)n1. The number of rotatable bonds is 8. The largest absolute Gasteiger partial charge is 0.474 e. The summed E-state index contributed by atoms with van der Waals surface area (Å²) in [5.74, 6) is -3.32. The molecule has 1 amide bonds. The van der Waals surface area contributed by atoms with Gasteiger partial charge in [-0.2, -0.15) is 13.8 Å². The predicted octanol–water partition coefficient (Wildman–Crippen LogP) is 2.83. The molecule has 0 aliphatic heterocycles. The number of ether oxygens (including phenoxy) is 1. The number of hydrogen-bond donors (Lipinski definition) is 1. The smallest absolute Gasteiger partial charge is 0.303 e. The molecule has 3 saturated carbocycles. The van der Waals surface area contributed by atoms with Crippen molar-refractivity contribution in [1.29, 1.82) is 0 Å². The highest BCUT2D eigenvalue weighted by Gasteiger charge is 2.47. The highest BCUT2D eigenvalue weighted by atomic mass is 32.2. The van der Waals surface area contributed by atoms with Gasteiger partial charge in [-0.05, 0) is 49.9 Å². The van der Waals surface area contributed by atoms with E-state index in [9.17, 15) is 22.0 Å². The van der Waals surface area contributed by atoms with Gasteiger partial charge in [0.05, 0.1) is 6.04 Å². The van der Waals surface area contributed by atoms with Gasteiger partial charge in [-0.1, -0.05) is 6.08 Å². The van der Waals surface area contributed by atoms with E-state index >= 15 is 0 Å². The van der Waals surface area contributed by atoms with Crippen molar-refractivity contribution in [2.24, 2.45) is 17.8 Å². The number of halogens is 2. The molecule has 164 valence electrons. The molecule has 1 N–H and O–H groups in total. The van der Waals surface area contributed by atoms with Crippen LogP contribution < -0.4 is 10.1 Å². The average Bonchev–Trinajstić information content (AvgIpc) is 3.56. The summed E-state index contributed by atoms with van der Waals surface area (Å²) in [6, 6.07) is -0.480. The van der Waals surface area contributed by atoms with E-state index in [1.807, 2.05) is 0 Å². The van der Waals surface area contributed by atoms with E-state index in [4.69, 9.17) is 4.74 Å². The van der Waals surface area contributed by atoms with E-state index in [1.54, 1.807) is 0 Å². The maximum atomic E-state index is 13.7. The van der Waals surface area contributed by atoms with E-state index < -0.39 is 33.5 Å². The Morgan fingerprint density at radius 2 is 1.97 bits per heavy atom. The maximum Gasteiger partial charge on any atom is 0.303 e. The summed E-state index contributed by atoms with van der Waals surface area (Å²) in [6.07, 6.45) is 7.99. The second-order valence-electron chi connectivity index (χ2n) is 8.76. The number of carbonyl (C=O) groups is 1. The maximum absolute atomic E-state index is 13.7. The number of alkyl halides is 2. The number of nitrogens with one attached hydrogen (secondary N) is 1. The summed E-state index contributed by atoms with van der Waals surface area (Å²) in [5.41, 5.74) is -0.0259. The third-order valence-electron chi connectivity index (χ3n) is 5.83. The fourth-order valence-corrected chi connectivity index (χ4v) is 4.43. The van der Waals surface area contributed by atoms with Crippen molar-refractivity contribution in [3.8, 4) is 5.88 Å². The Morgan fingerprint density at radius 3 is 2.53 bits per heavy atom. The van der Waals surface area contributed by atoms with Gasteiger partial charge in [0.2, 0.25) is 11.7 Å². The van der Waals surface area contributed by atoms with Crippen LogP contribution in [0.3, 0.4) is 0 Å². The fraction of sp³-hybridized carbons (Fsp3) is 0.650. The number of hydrogen-bond acceptors (Lipinski definition) is 6. The van der Waals surface area contributed by atoms with Crippen molar-refractivity contribution in [1.82, 2.24) is 15.3 Å². The number of fused-ring (bicyclic) bond motifs is 1. The minimum atomic E-state index is -3.34. The minimum Gasteiger partial charge on any atom is -0.474 e. The van der Waals surface area contributed by atoms with Crippen LogP contribution >= 0.6 is 0 Å². The lowest BCUT2D eigenvalue weighted by atomic mass is 10.1. The van der Waals surface area contributed by atoms with Gasteiger partial charge in [-0.3, -0.25) is 4.79 Å². The molecule has 1 aromatic rings. The minimum absolute atomic E-state index is 0.0259. The molecule has 0 saturated heterocycles. The van der Waals surface area contributed by atoms with Gasteiger partial charge < -0.3 is 10.1 Å². The molecule has 4 rings (SSSR count). The molecule has 1 aromatic heterocycles. The van der Waals surface area contributed by atoms with E-state index in [1.165, 1.54) is 12.5 Å². The zero-order valence-electron chi connectivity index (χ0n) is 16.8. The van der Waals surface area contributed by atoms with Crippen LogP contribution in [0.2, 0.25) is 0 Å². The van der Waals surface area contributed by atoms with E-state index in [-0.39, 0.29) is 23.5 Å². The topological polar surface area (TPSA) is 98.2 Å². The zero-order chi connectivity index (χ0) is 21.7. The van der Waals surface area contributed by atoms with Crippen LogP contribution in [0.25, 0.3) is 0 Å². The third-order valence-corrected chi connectivity index (χ3v) is 6.48. The van der Waals surface area contributed by atoms with Gasteiger partial charge in [-0.25, -0.2) is 13.4 Å². The third kappa shape index (κ3) is 5.14. The van der Waals surface area contributed by atoms with Crippen LogP contribution in [0.15, 0.2) is 17.7 Å². The Labute approximate surface area is 174 Å². The number of sulfone groups is 1. The summed E-state index contributed by atoms with van der Waals surface area (Å²) >= 11 is 0. The summed E-state index contributed by atoms with van der Waals surface area (Å²) in [7, 11) is -3.34. The Balaban J connectivity index is 1.56. The van der Waals surface area contributed by atoms with Crippen LogP contribution in [0, 0.1) is 17.8 Å². The summed E-state index contributed by atoms with van der Waals surface area (Å²) in [6.45, 7) is 0.690. The summed E-state index contributed by atoms with van der Waals surface area (Å²) in [5, 5.41) is 3.84. The van der Waals surface area contributed by atoms with Gasteiger partial charge in [0, 0.05) is 24.8 Å². The quantitative estimate of drug-likeness (QED) is 0.666. The van der Waals surface area contributed by atoms with Gasteiger partial charge in [0.25, 0.3) is 5.91 Å². The fourth-order valence-electron chi connectivity index (χ4n) is 3.97. The van der Waals surface area contributed by atoms with Crippen LogP contribution in [0.5, 0.6) is 5.88 Å². The number of nitrogens with zero attached hydrogens (tertiary/aromatic N) is 2. The Kier molecular flexibility index (Phi) is 5.32. The first kappa shape index (κ1) is 21.1. The van der Waals surface area contributed by atoms with Crippen LogP contribution in [-0.2, 0) is 15.8 Å². The molecule has 7 nitrogen and oxygen atoms in total. The molecule has 0 bridgehead atoms. The lowest BCUT2D eigenvalue weighted by molar-refractivity contribution is 0.00642. The first-order valence-corrected chi connectivity index (χ1v) is 12.1. The highest BCUT2D eigenvalue weighted by molar-refractivity contribution is 7.93. The van der Waals surface area contributed by atoms with Crippen molar-refractivity contribution in [2.75, 3.05) is 6.26 Å². The van der Waals surface area contributed by atoms with Crippen molar-refractivity contribution in [3.63, 3.8) is 0 Å². The molecule has 0 aromatic carbocycles. The van der Waals surface area contributed by atoms with Crippen molar-refractivity contribution >= 4 is 15.7 Å². The molecule has 3 aliphatic rings. The van der Waals surface area contributed by atoms with Gasteiger partial charge in [-0.15, -0.1) is 0 Å². The Bertz CT molecular complexity index is 963. The van der Waals surface area contributed by atoms with E-state index in [0.717, 1.165) is 43.5 Å². The highest BCUT2D eigenvalue weighted by Crippen LogP contribution is 2.52. The number of amides is 1. The van der Waals surface area contributed by atoms with Gasteiger partial charge in [0.1, 0.15) is 11.7 Å². The summed E-state index contributed by atoms with van der Waals surface area (Å²) < 4.78 is 56.2. The van der Waals surface area contributed by atoms with Crippen molar-refractivity contribution in [2.45, 2.75) is 57.1 Å². The van der Waals surface area contributed by atoms with Gasteiger partial charge >= 0.3 is 5.92 Å². The Hall–Kier alpha value is -2.10. The molecule has 0 unspecified atom stereocenters. The second kappa shape index (κ2) is 7.55. The lowest BCUT2D eigenvalue weighted by Gasteiger charge is -2.20. The molecular weight excluding hydrogens is 416 g/mol. The normalized spacial score (nSPS) is 27.0. The van der Waals surface area contributed by atoms with E-state index in [0.29, 0.717) is 18.8 Å². The van der Waals surface area contributed by atoms with Crippen molar-refractivity contribution < 1.29 is 26.7 Å². The van der Waals surface area contributed by atoms with Crippen LogP contribution in [-0.4, -0.2) is 42.7 Å². The number of aromatic nitrogens is 2. The second-order valence-corrected chi connectivity index (χ2v) is 10.7. The first-order chi connectivity index (χ1) is 14.0. The van der Waals surface area contributed by atoms with Crippen molar-refractivity contribution in [3.05, 3.63) is 29.1 Å². The molecule has 0 radical (unpaired) electrons. The van der Waals surface area contributed by atoms with E-state index in [2.05, 4.69) is 15.3 Å². The van der Waals surface area contributed by atoms with Gasteiger partial charge in [0.15, 0.2) is 9.84 Å². The molecule has 3 fully saturated rings. The molecule has 1 heterocycles. The van der Waals surface area contributed by atoms with Crippen LogP contribution in [0.4, 0.5) is 8.78 Å². The summed E-state index contributed by atoms with van der Waals surface area (Å²) in [4.78, 5) is 20.4. The lowest BCUT2D eigenvalue weighted by Crippen LogP contribution is -2.36. The molecule has 30 heavy (non-hydrogen) atoms. The Morgan fingerprint density at radius 1 is 1.30 bits per heavy atom. The first-order valence-electron chi connectivity index (χ1n) is 10.1. The monoisotopic (exact) mass is 441 g/mol.